The minimum Gasteiger partial charge on any atom is -0.462 e. The summed E-state index contributed by atoms with van der Waals surface area (Å²) in [6.45, 7) is 4.38. The fourth-order valence-corrected chi connectivity index (χ4v) is 2.75. The molecule has 112 valence electrons. The van der Waals surface area contributed by atoms with Crippen molar-refractivity contribution in [1.82, 2.24) is 4.37 Å². The summed E-state index contributed by atoms with van der Waals surface area (Å²) < 4.78 is 22.7. The van der Waals surface area contributed by atoms with E-state index in [4.69, 9.17) is 4.74 Å². The van der Waals surface area contributed by atoms with Crippen molar-refractivity contribution in [1.29, 1.82) is 0 Å². The van der Waals surface area contributed by atoms with Gasteiger partial charge in [0.05, 0.1) is 12.3 Å². The number of aryl methyl sites for hydroxylation is 1. The van der Waals surface area contributed by atoms with E-state index in [0.29, 0.717) is 41.4 Å². The normalized spacial score (nSPS) is 10.4. The summed E-state index contributed by atoms with van der Waals surface area (Å²) >= 11 is 1.21. The third-order valence-corrected chi connectivity index (χ3v) is 3.88. The molecule has 0 spiro atoms. The van der Waals surface area contributed by atoms with Gasteiger partial charge in [-0.25, -0.2) is 9.18 Å². The molecule has 0 saturated carbocycles. The Bertz CT molecular complexity index is 628. The Morgan fingerprint density at radius 2 is 2.19 bits per heavy atom. The van der Waals surface area contributed by atoms with E-state index in [2.05, 4.69) is 9.69 Å². The maximum Gasteiger partial charge on any atom is 0.343 e. The lowest BCUT2D eigenvalue weighted by Crippen LogP contribution is -2.11. The number of hydrogen-bond donors (Lipinski definition) is 1. The first-order chi connectivity index (χ1) is 10.1. The molecule has 0 aliphatic rings. The van der Waals surface area contributed by atoms with Gasteiger partial charge in [-0.3, -0.25) is 0 Å². The van der Waals surface area contributed by atoms with Crippen LogP contribution in [0.4, 0.5) is 9.39 Å². The van der Waals surface area contributed by atoms with E-state index in [1.54, 1.807) is 32.0 Å². The quantitative estimate of drug-likeness (QED) is 0.831. The lowest BCUT2D eigenvalue weighted by atomic mass is 10.1. The molecule has 0 amide bonds. The highest BCUT2D eigenvalue weighted by Crippen LogP contribution is 2.25. The molecule has 0 saturated heterocycles. The van der Waals surface area contributed by atoms with Crippen LogP contribution in [0.2, 0.25) is 0 Å². The molecule has 0 aliphatic carbocycles. The molecule has 2 rings (SSSR count). The van der Waals surface area contributed by atoms with Crippen LogP contribution in [0.15, 0.2) is 24.3 Å². The van der Waals surface area contributed by atoms with Crippen molar-refractivity contribution in [2.45, 2.75) is 20.3 Å². The first-order valence-corrected chi connectivity index (χ1v) is 7.51. The Kier molecular flexibility index (Phi) is 5.27. The van der Waals surface area contributed by atoms with Gasteiger partial charge in [0.2, 0.25) is 0 Å². The highest BCUT2D eigenvalue weighted by molar-refractivity contribution is 7.10. The standard InChI is InChI=1S/C15H17FN2O2S/c1-3-20-15(19)13-10(2)18-21-14(13)17-9-8-11-6-4-5-7-12(11)16/h4-7,17H,3,8-9H2,1-2H3. The maximum absolute atomic E-state index is 13.5. The summed E-state index contributed by atoms with van der Waals surface area (Å²) in [7, 11) is 0. The number of rotatable bonds is 6. The predicted octanol–water partition coefficient (Wildman–Crippen LogP) is 3.42. The molecule has 4 nitrogen and oxygen atoms in total. The van der Waals surface area contributed by atoms with Gasteiger partial charge < -0.3 is 10.1 Å². The number of nitrogens with zero attached hydrogens (tertiary/aromatic N) is 1. The zero-order valence-corrected chi connectivity index (χ0v) is 12.8. The molecule has 0 fully saturated rings. The topological polar surface area (TPSA) is 51.2 Å². The summed E-state index contributed by atoms with van der Waals surface area (Å²) in [4.78, 5) is 11.9. The molecule has 1 N–H and O–H groups in total. The number of nitrogens with one attached hydrogen (secondary N) is 1. The number of halogens is 1. The molecule has 21 heavy (non-hydrogen) atoms. The lowest BCUT2D eigenvalue weighted by Gasteiger charge is -2.07. The zero-order chi connectivity index (χ0) is 15.2. The van der Waals surface area contributed by atoms with Crippen LogP contribution in [-0.2, 0) is 11.2 Å². The smallest absolute Gasteiger partial charge is 0.343 e. The van der Waals surface area contributed by atoms with Gasteiger partial charge >= 0.3 is 5.97 Å². The molecule has 0 radical (unpaired) electrons. The fourth-order valence-electron chi connectivity index (χ4n) is 1.95. The van der Waals surface area contributed by atoms with Crippen LogP contribution in [0, 0.1) is 12.7 Å². The molecular formula is C15H17FN2O2S. The first-order valence-electron chi connectivity index (χ1n) is 6.74. The molecule has 2 aromatic rings. The van der Waals surface area contributed by atoms with Gasteiger partial charge in [-0.2, -0.15) is 4.37 Å². The third kappa shape index (κ3) is 3.78. The number of esters is 1. The first kappa shape index (κ1) is 15.4. The number of benzene rings is 1. The van der Waals surface area contributed by atoms with Crippen LogP contribution in [0.5, 0.6) is 0 Å². The molecule has 0 aliphatic heterocycles. The van der Waals surface area contributed by atoms with E-state index >= 15 is 0 Å². The summed E-state index contributed by atoms with van der Waals surface area (Å²) in [6, 6.07) is 6.66. The van der Waals surface area contributed by atoms with E-state index in [1.165, 1.54) is 17.6 Å². The van der Waals surface area contributed by atoms with Crippen LogP contribution in [0.3, 0.4) is 0 Å². The third-order valence-electron chi connectivity index (χ3n) is 2.98. The van der Waals surface area contributed by atoms with Gasteiger partial charge in [0.1, 0.15) is 16.4 Å². The van der Waals surface area contributed by atoms with Gasteiger partial charge in [-0.15, -0.1) is 0 Å². The Morgan fingerprint density at radius 1 is 1.43 bits per heavy atom. The monoisotopic (exact) mass is 308 g/mol. The van der Waals surface area contributed by atoms with Crippen molar-refractivity contribution in [3.05, 3.63) is 46.9 Å². The average Bonchev–Trinajstić information content (AvgIpc) is 2.82. The van der Waals surface area contributed by atoms with E-state index < -0.39 is 0 Å². The highest BCUT2D eigenvalue weighted by Gasteiger charge is 2.19. The molecule has 1 heterocycles. The number of ether oxygens (including phenoxy) is 1. The largest absolute Gasteiger partial charge is 0.462 e. The second-order valence-corrected chi connectivity index (χ2v) is 5.23. The van der Waals surface area contributed by atoms with Crippen LogP contribution in [-0.4, -0.2) is 23.5 Å². The zero-order valence-electron chi connectivity index (χ0n) is 12.0. The van der Waals surface area contributed by atoms with Crippen LogP contribution < -0.4 is 5.32 Å². The summed E-state index contributed by atoms with van der Waals surface area (Å²) in [6.07, 6.45) is 0.534. The number of carbonyl (C=O) groups excluding carboxylic acids is 1. The molecule has 0 unspecified atom stereocenters. The number of aromatic nitrogens is 1. The van der Waals surface area contributed by atoms with E-state index in [1.807, 2.05) is 0 Å². The molecular weight excluding hydrogens is 291 g/mol. The minimum atomic E-state index is -0.378. The lowest BCUT2D eigenvalue weighted by molar-refractivity contribution is 0.0527. The molecule has 1 aromatic carbocycles. The summed E-state index contributed by atoms with van der Waals surface area (Å²) in [5, 5.41) is 3.81. The van der Waals surface area contributed by atoms with E-state index in [-0.39, 0.29) is 11.8 Å². The Hall–Kier alpha value is -1.95. The summed E-state index contributed by atoms with van der Waals surface area (Å²) in [5.74, 6) is -0.595. The number of hydrogen-bond acceptors (Lipinski definition) is 5. The Morgan fingerprint density at radius 3 is 2.90 bits per heavy atom. The van der Waals surface area contributed by atoms with Gasteiger partial charge in [0, 0.05) is 6.54 Å². The van der Waals surface area contributed by atoms with Gasteiger partial charge in [0.25, 0.3) is 0 Å². The van der Waals surface area contributed by atoms with Crippen molar-refractivity contribution in [2.24, 2.45) is 0 Å². The van der Waals surface area contributed by atoms with Gasteiger partial charge in [-0.05, 0) is 43.4 Å². The number of carbonyl (C=O) groups is 1. The van der Waals surface area contributed by atoms with Crippen LogP contribution in [0.1, 0.15) is 28.5 Å². The summed E-state index contributed by atoms with van der Waals surface area (Å²) in [5.41, 5.74) is 1.76. The SMILES string of the molecule is CCOC(=O)c1c(C)nsc1NCCc1ccccc1F. The van der Waals surface area contributed by atoms with Crippen molar-refractivity contribution >= 4 is 22.5 Å². The van der Waals surface area contributed by atoms with Crippen molar-refractivity contribution in [3.8, 4) is 0 Å². The van der Waals surface area contributed by atoms with E-state index in [0.717, 1.165) is 0 Å². The van der Waals surface area contributed by atoms with Crippen molar-refractivity contribution in [3.63, 3.8) is 0 Å². The molecule has 0 atom stereocenters. The highest BCUT2D eigenvalue weighted by atomic mass is 32.1. The molecule has 0 bridgehead atoms. The van der Waals surface area contributed by atoms with Crippen molar-refractivity contribution in [2.75, 3.05) is 18.5 Å². The Balaban J connectivity index is 2.01. The second kappa shape index (κ2) is 7.17. The van der Waals surface area contributed by atoms with Gasteiger partial charge in [0.15, 0.2) is 0 Å². The average molecular weight is 308 g/mol. The molecule has 6 heteroatoms. The van der Waals surface area contributed by atoms with Crippen LogP contribution in [0.25, 0.3) is 0 Å². The minimum absolute atomic E-state index is 0.217. The maximum atomic E-state index is 13.5. The fraction of sp³-hybridized carbons (Fsp3) is 0.333. The van der Waals surface area contributed by atoms with Crippen molar-refractivity contribution < 1.29 is 13.9 Å². The molecule has 1 aromatic heterocycles. The van der Waals surface area contributed by atoms with E-state index in [9.17, 15) is 9.18 Å². The number of anilines is 1. The Labute approximate surface area is 127 Å². The second-order valence-electron chi connectivity index (χ2n) is 4.46. The van der Waals surface area contributed by atoms with Crippen LogP contribution >= 0.6 is 11.5 Å². The predicted molar refractivity (Wildman–Crippen MR) is 81.4 cm³/mol. The van der Waals surface area contributed by atoms with Gasteiger partial charge in [-0.1, -0.05) is 18.2 Å².